The number of rotatable bonds is 3. The molecule has 3 heteroatoms. The number of piperidine rings is 1. The summed E-state index contributed by atoms with van der Waals surface area (Å²) < 4.78 is 13.8. The summed E-state index contributed by atoms with van der Waals surface area (Å²) in [6.07, 6.45) is 8.03. The molecule has 2 nitrogen and oxygen atoms in total. The van der Waals surface area contributed by atoms with Crippen molar-refractivity contribution < 1.29 is 4.39 Å². The Hall–Kier alpha value is -0.930. The highest BCUT2D eigenvalue weighted by Gasteiger charge is 2.33. The van der Waals surface area contributed by atoms with Gasteiger partial charge < -0.3 is 5.73 Å². The van der Waals surface area contributed by atoms with Crippen molar-refractivity contribution in [3.8, 4) is 0 Å². The molecular formula is C17H25FN2. The molecule has 1 aromatic rings. The maximum Gasteiger partial charge on any atom is 0.128 e. The highest BCUT2D eigenvalue weighted by molar-refractivity contribution is 5.21. The zero-order valence-corrected chi connectivity index (χ0v) is 12.1. The van der Waals surface area contributed by atoms with Crippen molar-refractivity contribution in [3.63, 3.8) is 0 Å². The maximum atomic E-state index is 13.8. The molecule has 1 saturated carbocycles. The second-order valence-corrected chi connectivity index (χ2v) is 6.38. The van der Waals surface area contributed by atoms with Crippen LogP contribution in [0.1, 0.15) is 50.1 Å². The molecule has 0 bridgehead atoms. The molecule has 1 aliphatic heterocycles. The number of nitrogens with two attached hydrogens (primary N) is 1. The molecule has 2 fully saturated rings. The van der Waals surface area contributed by atoms with E-state index >= 15 is 0 Å². The van der Waals surface area contributed by atoms with Crippen LogP contribution in [0.25, 0.3) is 0 Å². The Morgan fingerprint density at radius 3 is 2.75 bits per heavy atom. The summed E-state index contributed by atoms with van der Waals surface area (Å²) in [4.78, 5) is 2.53. The van der Waals surface area contributed by atoms with Gasteiger partial charge >= 0.3 is 0 Å². The summed E-state index contributed by atoms with van der Waals surface area (Å²) >= 11 is 0. The molecule has 2 N–H and O–H groups in total. The minimum Gasteiger partial charge on any atom is -0.323 e. The van der Waals surface area contributed by atoms with Gasteiger partial charge in [-0.25, -0.2) is 4.39 Å². The first-order valence-corrected chi connectivity index (χ1v) is 8.00. The van der Waals surface area contributed by atoms with E-state index in [1.54, 1.807) is 6.07 Å². The number of hydrogen-bond acceptors (Lipinski definition) is 2. The van der Waals surface area contributed by atoms with Gasteiger partial charge in [-0.05, 0) is 44.2 Å². The van der Waals surface area contributed by atoms with Crippen LogP contribution in [0.5, 0.6) is 0 Å². The molecule has 110 valence electrons. The lowest BCUT2D eigenvalue weighted by molar-refractivity contribution is 0.0559. The molecule has 1 unspecified atom stereocenters. The van der Waals surface area contributed by atoms with E-state index in [-0.39, 0.29) is 11.9 Å². The third-order valence-electron chi connectivity index (χ3n) is 5.09. The Kier molecular flexibility index (Phi) is 4.37. The third-order valence-corrected chi connectivity index (χ3v) is 5.09. The predicted octanol–water partition coefficient (Wildman–Crippen LogP) is 3.48. The van der Waals surface area contributed by atoms with Crippen molar-refractivity contribution >= 4 is 0 Å². The number of fused-ring (bicyclic) bond motifs is 1. The first-order valence-electron chi connectivity index (χ1n) is 8.00. The van der Waals surface area contributed by atoms with Crippen molar-refractivity contribution in [1.29, 1.82) is 0 Å². The molecule has 0 aromatic heterocycles. The molecule has 1 aliphatic carbocycles. The van der Waals surface area contributed by atoms with Gasteiger partial charge in [-0.1, -0.05) is 31.0 Å². The van der Waals surface area contributed by atoms with E-state index in [0.717, 1.165) is 19.0 Å². The first kappa shape index (κ1) is 14.0. The topological polar surface area (TPSA) is 29.3 Å². The average Bonchev–Trinajstić information content (AvgIpc) is 2.48. The van der Waals surface area contributed by atoms with E-state index in [1.807, 2.05) is 12.1 Å². The van der Waals surface area contributed by atoms with Gasteiger partial charge in [0.2, 0.25) is 0 Å². The normalized spacial score (nSPS) is 28.9. The fraction of sp³-hybridized carbons (Fsp3) is 0.647. The molecule has 1 aromatic carbocycles. The van der Waals surface area contributed by atoms with Crippen molar-refractivity contribution in [2.45, 2.75) is 50.6 Å². The number of nitrogens with zero attached hydrogens (tertiary/aromatic N) is 1. The fourth-order valence-electron chi connectivity index (χ4n) is 4.08. The van der Waals surface area contributed by atoms with Crippen LogP contribution in [-0.2, 0) is 0 Å². The van der Waals surface area contributed by atoms with E-state index < -0.39 is 0 Å². The highest BCUT2D eigenvalue weighted by Crippen LogP contribution is 2.35. The number of benzene rings is 1. The Bertz CT molecular complexity index is 446. The first-order chi connectivity index (χ1) is 9.75. The quantitative estimate of drug-likeness (QED) is 0.916. The molecule has 0 amide bonds. The average molecular weight is 276 g/mol. The van der Waals surface area contributed by atoms with Gasteiger partial charge in [0.25, 0.3) is 0 Å². The summed E-state index contributed by atoms with van der Waals surface area (Å²) in [6, 6.07) is 7.41. The second kappa shape index (κ2) is 6.23. The highest BCUT2D eigenvalue weighted by atomic mass is 19.1. The molecule has 0 radical (unpaired) electrons. The standard InChI is InChI=1S/C17H25FN2/c18-15-9-3-2-8-14(15)16(19)12-20-11-5-7-13-6-1-4-10-17(13)20/h2-3,8-9,13,16-17H,1,4-7,10-12,19H2/t13-,16?,17-/m1/s1. The van der Waals surface area contributed by atoms with Crippen LogP contribution in [-0.4, -0.2) is 24.0 Å². The summed E-state index contributed by atoms with van der Waals surface area (Å²) in [6.45, 7) is 1.92. The van der Waals surface area contributed by atoms with Gasteiger partial charge in [0, 0.05) is 24.2 Å². The minimum absolute atomic E-state index is 0.169. The van der Waals surface area contributed by atoms with Gasteiger partial charge in [0.1, 0.15) is 5.82 Å². The van der Waals surface area contributed by atoms with Gasteiger partial charge in [0.05, 0.1) is 0 Å². The van der Waals surface area contributed by atoms with E-state index in [4.69, 9.17) is 5.73 Å². The Morgan fingerprint density at radius 1 is 1.15 bits per heavy atom. The Labute approximate surface area is 121 Å². The molecule has 3 rings (SSSR count). The molecular weight excluding hydrogens is 251 g/mol. The zero-order chi connectivity index (χ0) is 13.9. The van der Waals surface area contributed by atoms with Crippen molar-refractivity contribution in [2.75, 3.05) is 13.1 Å². The van der Waals surface area contributed by atoms with Gasteiger partial charge in [0.15, 0.2) is 0 Å². The molecule has 3 atom stereocenters. The van der Waals surface area contributed by atoms with Crippen molar-refractivity contribution in [3.05, 3.63) is 35.6 Å². The SMILES string of the molecule is NC(CN1CCC[C@H]2CCCC[C@H]21)c1ccccc1F. The van der Waals surface area contributed by atoms with E-state index in [9.17, 15) is 4.39 Å². The Balaban J connectivity index is 1.68. The molecule has 1 heterocycles. The van der Waals surface area contributed by atoms with Crippen LogP contribution in [0.15, 0.2) is 24.3 Å². The van der Waals surface area contributed by atoms with E-state index in [2.05, 4.69) is 4.90 Å². The lowest BCUT2D eigenvalue weighted by atomic mass is 9.78. The van der Waals surface area contributed by atoms with Crippen LogP contribution in [0.3, 0.4) is 0 Å². The fourth-order valence-corrected chi connectivity index (χ4v) is 4.08. The van der Waals surface area contributed by atoms with E-state index in [0.29, 0.717) is 11.6 Å². The van der Waals surface area contributed by atoms with Crippen LogP contribution in [0.2, 0.25) is 0 Å². The zero-order valence-electron chi connectivity index (χ0n) is 12.1. The Morgan fingerprint density at radius 2 is 1.90 bits per heavy atom. The van der Waals surface area contributed by atoms with Crippen LogP contribution in [0, 0.1) is 11.7 Å². The molecule has 0 spiro atoms. The van der Waals surface area contributed by atoms with Crippen LogP contribution >= 0.6 is 0 Å². The summed E-state index contributed by atoms with van der Waals surface area (Å²) in [7, 11) is 0. The summed E-state index contributed by atoms with van der Waals surface area (Å²) in [5, 5.41) is 0. The molecule has 20 heavy (non-hydrogen) atoms. The number of hydrogen-bond donors (Lipinski definition) is 1. The molecule has 1 saturated heterocycles. The lowest BCUT2D eigenvalue weighted by Crippen LogP contribution is -2.49. The number of likely N-dealkylation sites (tertiary alicyclic amines) is 1. The largest absolute Gasteiger partial charge is 0.323 e. The summed E-state index contributed by atoms with van der Waals surface area (Å²) in [5.74, 6) is 0.683. The van der Waals surface area contributed by atoms with Gasteiger partial charge in [-0.15, -0.1) is 0 Å². The monoisotopic (exact) mass is 276 g/mol. The smallest absolute Gasteiger partial charge is 0.128 e. The maximum absolute atomic E-state index is 13.8. The number of halogens is 1. The van der Waals surface area contributed by atoms with Crippen LogP contribution < -0.4 is 5.73 Å². The second-order valence-electron chi connectivity index (χ2n) is 6.38. The minimum atomic E-state index is -0.211. The molecule has 2 aliphatic rings. The van der Waals surface area contributed by atoms with Crippen molar-refractivity contribution in [2.24, 2.45) is 11.7 Å². The van der Waals surface area contributed by atoms with Crippen molar-refractivity contribution in [1.82, 2.24) is 4.90 Å². The van der Waals surface area contributed by atoms with E-state index in [1.165, 1.54) is 44.6 Å². The predicted molar refractivity (Wildman–Crippen MR) is 79.9 cm³/mol. The van der Waals surface area contributed by atoms with Gasteiger partial charge in [-0.3, -0.25) is 4.90 Å². The summed E-state index contributed by atoms with van der Waals surface area (Å²) in [5.41, 5.74) is 6.92. The van der Waals surface area contributed by atoms with Crippen LogP contribution in [0.4, 0.5) is 4.39 Å². The third kappa shape index (κ3) is 2.89. The lowest BCUT2D eigenvalue weighted by Gasteiger charge is -2.45. The van der Waals surface area contributed by atoms with Gasteiger partial charge in [-0.2, -0.15) is 0 Å².